The average molecular weight is 391 g/mol. The zero-order chi connectivity index (χ0) is 19.6. The van der Waals surface area contributed by atoms with Gasteiger partial charge in [0, 0.05) is 11.1 Å². The molecule has 2 aromatic rings. The molecule has 1 unspecified atom stereocenters. The van der Waals surface area contributed by atoms with Gasteiger partial charge in [-0.05, 0) is 12.3 Å². The molecule has 1 fully saturated rings. The van der Waals surface area contributed by atoms with Crippen LogP contribution in [0.5, 0.6) is 0 Å². The molecule has 4 N–H and O–H groups in total. The number of fused-ring (bicyclic) bond motifs is 1. The Balaban J connectivity index is 1.34. The van der Waals surface area contributed by atoms with Crippen molar-refractivity contribution in [2.24, 2.45) is 10.9 Å². The van der Waals surface area contributed by atoms with Crippen LogP contribution in [-0.2, 0) is 4.79 Å². The Labute approximate surface area is 169 Å². The third-order valence-electron chi connectivity index (χ3n) is 5.91. The van der Waals surface area contributed by atoms with Crippen LogP contribution in [0.2, 0.25) is 0 Å². The first kappa shape index (κ1) is 18.1. The zero-order valence-electron chi connectivity index (χ0n) is 16.2. The summed E-state index contributed by atoms with van der Waals surface area (Å²) >= 11 is 0. The molecule has 0 bridgehead atoms. The molecule has 2 aliphatic heterocycles. The van der Waals surface area contributed by atoms with Crippen LogP contribution in [0, 0.1) is 5.92 Å². The van der Waals surface area contributed by atoms with E-state index in [2.05, 4.69) is 31.5 Å². The standard InChI is InChI=1S/C21H25N7O/c29-21-16(10-13-4-2-1-3-5-13)25-20-19(27-21)22-11-17(26-20)14-6-8-15(9-7-14)18-23-12-24-28-18/h6-9,11,13,16,24H,1-5,10,12H2,(H,23,28)(H,25,26)(H,22,27,29). The monoisotopic (exact) mass is 391 g/mol. The molecule has 0 spiro atoms. The summed E-state index contributed by atoms with van der Waals surface area (Å²) in [5, 5.41) is 6.26. The molecule has 3 aliphatic rings. The molecule has 1 aromatic carbocycles. The number of nitrogens with one attached hydrogen (secondary N) is 4. The average Bonchev–Trinajstić information content (AvgIpc) is 3.30. The number of anilines is 2. The predicted molar refractivity (Wildman–Crippen MR) is 112 cm³/mol. The van der Waals surface area contributed by atoms with E-state index in [4.69, 9.17) is 4.98 Å². The van der Waals surface area contributed by atoms with Gasteiger partial charge < -0.3 is 16.1 Å². The van der Waals surface area contributed by atoms with Crippen LogP contribution in [0.3, 0.4) is 0 Å². The zero-order valence-corrected chi connectivity index (χ0v) is 16.2. The maximum atomic E-state index is 12.5. The van der Waals surface area contributed by atoms with Crippen LogP contribution in [0.25, 0.3) is 11.3 Å². The van der Waals surface area contributed by atoms with Crippen molar-refractivity contribution in [2.45, 2.75) is 44.6 Å². The van der Waals surface area contributed by atoms with Crippen molar-refractivity contribution in [1.29, 1.82) is 0 Å². The van der Waals surface area contributed by atoms with E-state index in [1.807, 2.05) is 24.3 Å². The number of amides is 1. The summed E-state index contributed by atoms with van der Waals surface area (Å²) in [6.45, 7) is 0.576. The maximum absolute atomic E-state index is 12.5. The molecule has 1 aromatic heterocycles. The minimum absolute atomic E-state index is 0.00655. The molecular weight excluding hydrogens is 366 g/mol. The lowest BCUT2D eigenvalue weighted by atomic mass is 9.84. The summed E-state index contributed by atoms with van der Waals surface area (Å²) in [4.78, 5) is 26.0. The molecule has 1 aliphatic carbocycles. The van der Waals surface area contributed by atoms with E-state index in [-0.39, 0.29) is 11.9 Å². The van der Waals surface area contributed by atoms with Gasteiger partial charge in [0.15, 0.2) is 11.6 Å². The summed E-state index contributed by atoms with van der Waals surface area (Å²) in [5.74, 6) is 2.60. The number of hydrazine groups is 1. The Morgan fingerprint density at radius 1 is 1.00 bits per heavy atom. The van der Waals surface area contributed by atoms with Crippen LogP contribution >= 0.6 is 0 Å². The molecule has 0 radical (unpaired) electrons. The Morgan fingerprint density at radius 2 is 1.79 bits per heavy atom. The Hall–Kier alpha value is -3.00. The van der Waals surface area contributed by atoms with Crippen LogP contribution in [0.4, 0.5) is 11.6 Å². The third kappa shape index (κ3) is 3.80. The molecule has 1 saturated carbocycles. The van der Waals surface area contributed by atoms with Gasteiger partial charge in [-0.2, -0.15) is 0 Å². The molecule has 8 heteroatoms. The lowest BCUT2D eigenvalue weighted by Crippen LogP contribution is -2.41. The number of carbonyl (C=O) groups is 1. The highest BCUT2D eigenvalue weighted by Crippen LogP contribution is 2.32. The molecule has 1 atom stereocenters. The van der Waals surface area contributed by atoms with Crippen molar-refractivity contribution in [3.63, 3.8) is 0 Å². The second-order valence-electron chi connectivity index (χ2n) is 7.92. The van der Waals surface area contributed by atoms with Crippen LogP contribution in [0.1, 0.15) is 44.1 Å². The van der Waals surface area contributed by atoms with Gasteiger partial charge in [0.05, 0.1) is 11.9 Å². The Bertz CT molecular complexity index is 935. The van der Waals surface area contributed by atoms with E-state index >= 15 is 0 Å². The third-order valence-corrected chi connectivity index (χ3v) is 5.91. The van der Waals surface area contributed by atoms with E-state index in [1.54, 1.807) is 6.20 Å². The number of carbonyl (C=O) groups excluding carboxylic acids is 1. The molecule has 1 amide bonds. The number of aliphatic imine (C=N–C) groups is 1. The van der Waals surface area contributed by atoms with E-state index in [0.29, 0.717) is 24.2 Å². The van der Waals surface area contributed by atoms with Gasteiger partial charge in [0.1, 0.15) is 18.5 Å². The van der Waals surface area contributed by atoms with Crippen molar-refractivity contribution in [1.82, 2.24) is 20.8 Å². The Kier molecular flexibility index (Phi) is 4.85. The lowest BCUT2D eigenvalue weighted by molar-refractivity contribution is -0.117. The topological polar surface area (TPSA) is 103 Å². The highest BCUT2D eigenvalue weighted by molar-refractivity contribution is 6.01. The fourth-order valence-corrected chi connectivity index (χ4v) is 4.32. The fourth-order valence-electron chi connectivity index (χ4n) is 4.32. The first-order chi connectivity index (χ1) is 14.3. The minimum Gasteiger partial charge on any atom is -0.355 e. The van der Waals surface area contributed by atoms with Crippen molar-refractivity contribution >= 4 is 23.4 Å². The summed E-state index contributed by atoms with van der Waals surface area (Å²) in [6, 6.07) is 7.80. The number of benzene rings is 1. The van der Waals surface area contributed by atoms with Gasteiger partial charge in [0.2, 0.25) is 5.91 Å². The van der Waals surface area contributed by atoms with Gasteiger partial charge in [-0.25, -0.2) is 20.4 Å². The Morgan fingerprint density at radius 3 is 2.55 bits per heavy atom. The van der Waals surface area contributed by atoms with E-state index in [9.17, 15) is 4.79 Å². The summed E-state index contributed by atoms with van der Waals surface area (Å²) < 4.78 is 0. The summed E-state index contributed by atoms with van der Waals surface area (Å²) in [7, 11) is 0. The quantitative estimate of drug-likeness (QED) is 0.639. The second-order valence-corrected chi connectivity index (χ2v) is 7.92. The molecule has 150 valence electrons. The number of aromatic nitrogens is 2. The first-order valence-corrected chi connectivity index (χ1v) is 10.3. The predicted octanol–water partition coefficient (Wildman–Crippen LogP) is 2.66. The molecule has 5 rings (SSSR count). The second kappa shape index (κ2) is 7.79. The highest BCUT2D eigenvalue weighted by Gasteiger charge is 2.30. The molecular formula is C21H25N7O. The van der Waals surface area contributed by atoms with Crippen LogP contribution in [-0.4, -0.2) is 34.4 Å². The molecule has 3 heterocycles. The lowest BCUT2D eigenvalue weighted by Gasteiger charge is -2.30. The van der Waals surface area contributed by atoms with E-state index in [1.165, 1.54) is 32.1 Å². The summed E-state index contributed by atoms with van der Waals surface area (Å²) in [6.07, 6.45) is 8.84. The van der Waals surface area contributed by atoms with E-state index < -0.39 is 0 Å². The number of amidine groups is 1. The molecule has 29 heavy (non-hydrogen) atoms. The van der Waals surface area contributed by atoms with Crippen LogP contribution in [0.15, 0.2) is 35.5 Å². The van der Waals surface area contributed by atoms with E-state index in [0.717, 1.165) is 29.1 Å². The van der Waals surface area contributed by atoms with Gasteiger partial charge >= 0.3 is 0 Å². The van der Waals surface area contributed by atoms with Crippen molar-refractivity contribution < 1.29 is 4.79 Å². The molecule has 8 nitrogen and oxygen atoms in total. The highest BCUT2D eigenvalue weighted by atomic mass is 16.2. The first-order valence-electron chi connectivity index (χ1n) is 10.3. The number of hydrogen-bond donors (Lipinski definition) is 4. The fraction of sp³-hybridized carbons (Fsp3) is 0.429. The smallest absolute Gasteiger partial charge is 0.248 e. The largest absolute Gasteiger partial charge is 0.355 e. The number of rotatable bonds is 4. The van der Waals surface area contributed by atoms with Crippen molar-refractivity contribution in [2.75, 3.05) is 17.3 Å². The van der Waals surface area contributed by atoms with Gasteiger partial charge in [0.25, 0.3) is 0 Å². The summed E-state index contributed by atoms with van der Waals surface area (Å²) in [5.41, 5.74) is 8.77. The van der Waals surface area contributed by atoms with Crippen molar-refractivity contribution in [3.05, 3.63) is 36.0 Å². The van der Waals surface area contributed by atoms with Crippen molar-refractivity contribution in [3.8, 4) is 11.3 Å². The van der Waals surface area contributed by atoms with Gasteiger partial charge in [-0.3, -0.25) is 4.79 Å². The normalized spacial score (nSPS) is 21.6. The number of nitrogens with zero attached hydrogens (tertiary/aromatic N) is 3. The minimum atomic E-state index is -0.239. The van der Waals surface area contributed by atoms with Crippen LogP contribution < -0.4 is 21.5 Å². The molecule has 0 saturated heterocycles. The maximum Gasteiger partial charge on any atom is 0.248 e. The van der Waals surface area contributed by atoms with Gasteiger partial charge in [-0.15, -0.1) is 0 Å². The number of hydrogen-bond acceptors (Lipinski definition) is 7. The van der Waals surface area contributed by atoms with Gasteiger partial charge in [-0.1, -0.05) is 56.4 Å². The SMILES string of the molecule is O=C1Nc2ncc(-c3ccc(C4=NCNN4)cc3)nc2NC1CC1CCCCC1.